The fourth-order valence-electron chi connectivity index (χ4n) is 3.68. The van der Waals surface area contributed by atoms with Crippen LogP contribution in [0.3, 0.4) is 0 Å². The summed E-state index contributed by atoms with van der Waals surface area (Å²) >= 11 is 0. The average molecular weight is 372 g/mol. The lowest BCUT2D eigenvalue weighted by atomic mass is 9.88. The molecule has 1 atom stereocenters. The first-order chi connectivity index (χ1) is 12.8. The number of piperidine rings is 1. The molecule has 1 aliphatic heterocycles. The molecule has 0 bridgehead atoms. The summed E-state index contributed by atoms with van der Waals surface area (Å²) in [7, 11) is 0. The number of hydrogen-bond donors (Lipinski definition) is 1. The SMILES string of the molecule is Cc1ccn(CC(C)(O)C(=O)N2CCC(c3ccccc3F)CC2)c(=O)c1. The fraction of sp³-hybridized carbons (Fsp3) is 0.429. The zero-order valence-electron chi connectivity index (χ0n) is 15.7. The van der Waals surface area contributed by atoms with E-state index < -0.39 is 11.5 Å². The van der Waals surface area contributed by atoms with Gasteiger partial charge in [0.2, 0.25) is 0 Å². The molecule has 1 aliphatic rings. The smallest absolute Gasteiger partial charge is 0.256 e. The summed E-state index contributed by atoms with van der Waals surface area (Å²) in [5.74, 6) is -0.546. The number of rotatable bonds is 4. The summed E-state index contributed by atoms with van der Waals surface area (Å²) in [6.07, 6.45) is 2.88. The van der Waals surface area contributed by atoms with Crippen molar-refractivity contribution in [1.82, 2.24) is 9.47 Å². The standard InChI is InChI=1S/C21H25FN2O3/c1-15-7-10-24(19(25)13-15)14-21(2,27)20(26)23-11-8-16(9-12-23)17-5-3-4-6-18(17)22/h3-7,10,13,16,27H,8-9,11-12,14H2,1-2H3. The van der Waals surface area contributed by atoms with Gasteiger partial charge in [0.1, 0.15) is 5.82 Å². The van der Waals surface area contributed by atoms with Gasteiger partial charge in [-0.15, -0.1) is 0 Å². The molecule has 1 aromatic carbocycles. The number of carbonyl (C=O) groups is 1. The number of pyridine rings is 1. The molecule has 1 amide bonds. The second-order valence-electron chi connectivity index (χ2n) is 7.53. The van der Waals surface area contributed by atoms with E-state index in [9.17, 15) is 19.1 Å². The molecule has 1 aromatic heterocycles. The van der Waals surface area contributed by atoms with Gasteiger partial charge in [-0.1, -0.05) is 18.2 Å². The lowest BCUT2D eigenvalue weighted by Crippen LogP contribution is -2.52. The number of halogens is 1. The molecule has 1 saturated heterocycles. The summed E-state index contributed by atoms with van der Waals surface area (Å²) < 4.78 is 15.3. The minimum absolute atomic E-state index is 0.0694. The molecule has 1 fully saturated rings. The summed E-state index contributed by atoms with van der Waals surface area (Å²) in [5.41, 5.74) is -0.412. The highest BCUT2D eigenvalue weighted by atomic mass is 19.1. The van der Waals surface area contributed by atoms with Gasteiger partial charge < -0.3 is 14.6 Å². The van der Waals surface area contributed by atoms with Crippen molar-refractivity contribution in [2.45, 2.75) is 44.8 Å². The van der Waals surface area contributed by atoms with Gasteiger partial charge >= 0.3 is 0 Å². The summed E-state index contributed by atoms with van der Waals surface area (Å²) in [6, 6.07) is 9.97. The minimum atomic E-state index is -1.68. The van der Waals surface area contributed by atoms with Crippen molar-refractivity contribution in [2.24, 2.45) is 0 Å². The third kappa shape index (κ3) is 4.27. The van der Waals surface area contributed by atoms with Crippen LogP contribution in [0, 0.1) is 12.7 Å². The third-order valence-corrected chi connectivity index (χ3v) is 5.22. The van der Waals surface area contributed by atoms with E-state index in [1.54, 1.807) is 29.3 Å². The highest BCUT2D eigenvalue weighted by Crippen LogP contribution is 2.30. The molecule has 0 aliphatic carbocycles. The van der Waals surface area contributed by atoms with Crippen molar-refractivity contribution in [3.63, 3.8) is 0 Å². The van der Waals surface area contributed by atoms with Crippen LogP contribution in [0.1, 0.15) is 36.8 Å². The Morgan fingerprint density at radius 2 is 1.93 bits per heavy atom. The van der Waals surface area contributed by atoms with Crippen LogP contribution >= 0.6 is 0 Å². The normalized spacial score (nSPS) is 17.6. The molecule has 6 heteroatoms. The molecule has 0 radical (unpaired) electrons. The van der Waals surface area contributed by atoms with Crippen LogP contribution in [0.25, 0.3) is 0 Å². The van der Waals surface area contributed by atoms with Crippen LogP contribution in [0.2, 0.25) is 0 Å². The van der Waals surface area contributed by atoms with Crippen LogP contribution in [-0.2, 0) is 11.3 Å². The average Bonchev–Trinajstić information content (AvgIpc) is 2.64. The lowest BCUT2D eigenvalue weighted by Gasteiger charge is -2.36. The number of amides is 1. The van der Waals surface area contributed by atoms with Crippen molar-refractivity contribution < 1.29 is 14.3 Å². The van der Waals surface area contributed by atoms with E-state index >= 15 is 0 Å². The Labute approximate surface area is 158 Å². The molecule has 144 valence electrons. The zero-order valence-corrected chi connectivity index (χ0v) is 15.7. The van der Waals surface area contributed by atoms with Crippen LogP contribution in [0.15, 0.2) is 47.4 Å². The Morgan fingerprint density at radius 1 is 1.26 bits per heavy atom. The zero-order chi connectivity index (χ0) is 19.6. The Morgan fingerprint density at radius 3 is 2.56 bits per heavy atom. The van der Waals surface area contributed by atoms with E-state index in [0.717, 1.165) is 5.56 Å². The van der Waals surface area contributed by atoms with Crippen molar-refractivity contribution >= 4 is 5.91 Å². The first-order valence-electron chi connectivity index (χ1n) is 9.21. The summed E-state index contributed by atoms with van der Waals surface area (Å²) in [4.78, 5) is 26.4. The predicted octanol–water partition coefficient (Wildman–Crippen LogP) is 2.45. The van der Waals surface area contributed by atoms with Crippen molar-refractivity contribution in [1.29, 1.82) is 0 Å². The predicted molar refractivity (Wildman–Crippen MR) is 101 cm³/mol. The topological polar surface area (TPSA) is 62.5 Å². The highest BCUT2D eigenvalue weighted by Gasteiger charge is 2.37. The van der Waals surface area contributed by atoms with Crippen molar-refractivity contribution in [3.8, 4) is 0 Å². The number of aryl methyl sites for hydroxylation is 1. The quantitative estimate of drug-likeness (QED) is 0.897. The van der Waals surface area contributed by atoms with E-state index in [4.69, 9.17) is 0 Å². The van der Waals surface area contributed by atoms with Gasteiger partial charge in [-0.05, 0) is 55.9 Å². The van der Waals surface area contributed by atoms with E-state index in [2.05, 4.69) is 0 Å². The number of aromatic nitrogens is 1. The number of benzene rings is 1. The van der Waals surface area contributed by atoms with Crippen LogP contribution in [0.5, 0.6) is 0 Å². The number of hydrogen-bond acceptors (Lipinski definition) is 3. The van der Waals surface area contributed by atoms with Gasteiger partial charge in [-0.3, -0.25) is 9.59 Å². The molecule has 5 nitrogen and oxygen atoms in total. The second-order valence-corrected chi connectivity index (χ2v) is 7.53. The third-order valence-electron chi connectivity index (χ3n) is 5.22. The maximum absolute atomic E-state index is 14.0. The van der Waals surface area contributed by atoms with Gasteiger partial charge in [-0.2, -0.15) is 0 Å². The van der Waals surface area contributed by atoms with E-state index in [0.29, 0.717) is 31.5 Å². The Bertz CT molecular complexity index is 883. The molecule has 0 spiro atoms. The minimum Gasteiger partial charge on any atom is -0.378 e. The molecule has 27 heavy (non-hydrogen) atoms. The largest absolute Gasteiger partial charge is 0.378 e. The molecule has 2 heterocycles. The Kier molecular flexibility index (Phi) is 5.46. The molecule has 2 aromatic rings. The fourth-order valence-corrected chi connectivity index (χ4v) is 3.68. The number of aliphatic hydroxyl groups is 1. The Balaban J connectivity index is 1.65. The first-order valence-corrected chi connectivity index (χ1v) is 9.21. The van der Waals surface area contributed by atoms with Crippen molar-refractivity contribution in [2.75, 3.05) is 13.1 Å². The molecular weight excluding hydrogens is 347 g/mol. The van der Waals surface area contributed by atoms with Crippen LogP contribution < -0.4 is 5.56 Å². The van der Waals surface area contributed by atoms with E-state index in [1.165, 1.54) is 23.6 Å². The van der Waals surface area contributed by atoms with E-state index in [-0.39, 0.29) is 23.8 Å². The maximum atomic E-state index is 14.0. The molecule has 1 unspecified atom stereocenters. The second kappa shape index (κ2) is 7.64. The van der Waals surface area contributed by atoms with Gasteiger partial charge in [0.05, 0.1) is 6.54 Å². The molecule has 1 N–H and O–H groups in total. The summed E-state index contributed by atoms with van der Waals surface area (Å²) in [6.45, 7) is 4.06. The first kappa shape index (κ1) is 19.3. The maximum Gasteiger partial charge on any atom is 0.256 e. The van der Waals surface area contributed by atoms with Gasteiger partial charge in [0.15, 0.2) is 5.60 Å². The Hall–Kier alpha value is -2.47. The van der Waals surface area contributed by atoms with Gasteiger partial charge in [0, 0.05) is 25.4 Å². The van der Waals surface area contributed by atoms with Gasteiger partial charge in [0.25, 0.3) is 11.5 Å². The number of nitrogens with zero attached hydrogens (tertiary/aromatic N) is 2. The van der Waals surface area contributed by atoms with E-state index in [1.807, 2.05) is 13.0 Å². The lowest BCUT2D eigenvalue weighted by molar-refractivity contribution is -0.152. The van der Waals surface area contributed by atoms with Crippen LogP contribution in [-0.4, -0.2) is 39.2 Å². The molecular formula is C21H25FN2O3. The molecule has 0 saturated carbocycles. The highest BCUT2D eigenvalue weighted by molar-refractivity contribution is 5.84. The van der Waals surface area contributed by atoms with Crippen molar-refractivity contribution in [3.05, 3.63) is 69.9 Å². The van der Waals surface area contributed by atoms with Crippen LogP contribution in [0.4, 0.5) is 4.39 Å². The summed E-state index contributed by atoms with van der Waals surface area (Å²) in [5, 5.41) is 10.7. The van der Waals surface area contributed by atoms with Gasteiger partial charge in [-0.25, -0.2) is 4.39 Å². The monoisotopic (exact) mass is 372 g/mol. The molecule has 3 rings (SSSR count). The number of carbonyl (C=O) groups excluding carboxylic acids is 1. The number of likely N-dealkylation sites (tertiary alicyclic amines) is 1.